The summed E-state index contributed by atoms with van der Waals surface area (Å²) in [4.78, 5) is 25.6. The molecule has 0 N–H and O–H groups in total. The fraction of sp³-hybridized carbons (Fsp3) is 0.625. The quantitative estimate of drug-likeness (QED) is 0.372. The first-order chi connectivity index (χ1) is 9.63. The minimum absolute atomic E-state index is 0.265. The van der Waals surface area contributed by atoms with E-state index in [1.807, 2.05) is 25.9 Å². The summed E-state index contributed by atoms with van der Waals surface area (Å²) in [6.45, 7) is 12.5. The van der Waals surface area contributed by atoms with E-state index in [2.05, 4.69) is 13.2 Å². The van der Waals surface area contributed by atoms with Gasteiger partial charge < -0.3 is 14.4 Å². The van der Waals surface area contributed by atoms with Gasteiger partial charge >= 0.3 is 11.9 Å². The molecule has 0 amide bonds. The standard InChI is InChI=1S/C16H27NO4/c1-8-9-10-16(11-17(6)7,20-14(18)12(2)3)21-15(19)13(4)5/h2,4,8-11H2,1,3,5-7H3. The summed E-state index contributed by atoms with van der Waals surface area (Å²) in [5, 5.41) is 0. The van der Waals surface area contributed by atoms with E-state index in [-0.39, 0.29) is 17.7 Å². The molecule has 120 valence electrons. The van der Waals surface area contributed by atoms with Gasteiger partial charge in [0.05, 0.1) is 6.54 Å². The Morgan fingerprint density at radius 3 is 1.76 bits per heavy atom. The van der Waals surface area contributed by atoms with Gasteiger partial charge in [-0.15, -0.1) is 0 Å². The SMILES string of the molecule is C=C(C)C(=O)OC(CCCC)(CN(C)C)OC(=O)C(=C)C. The molecule has 0 fully saturated rings. The van der Waals surface area contributed by atoms with E-state index in [0.29, 0.717) is 6.42 Å². The van der Waals surface area contributed by atoms with E-state index in [1.165, 1.54) is 0 Å². The van der Waals surface area contributed by atoms with Crippen LogP contribution >= 0.6 is 0 Å². The number of ether oxygens (including phenoxy) is 2. The van der Waals surface area contributed by atoms with Gasteiger partial charge in [-0.2, -0.15) is 0 Å². The Bertz CT molecular complexity index is 385. The number of carbonyl (C=O) groups is 2. The van der Waals surface area contributed by atoms with Crippen molar-refractivity contribution in [1.82, 2.24) is 4.90 Å². The topological polar surface area (TPSA) is 55.8 Å². The summed E-state index contributed by atoms with van der Waals surface area (Å²) in [6, 6.07) is 0. The smallest absolute Gasteiger partial charge is 0.336 e. The lowest BCUT2D eigenvalue weighted by Gasteiger charge is -2.35. The van der Waals surface area contributed by atoms with Crippen LogP contribution in [0.25, 0.3) is 0 Å². The average Bonchev–Trinajstić information content (AvgIpc) is 2.35. The highest BCUT2D eigenvalue weighted by atomic mass is 16.7. The largest absolute Gasteiger partial charge is 0.418 e. The summed E-state index contributed by atoms with van der Waals surface area (Å²) in [6.07, 6.45) is 2.09. The first kappa shape index (κ1) is 19.4. The number of likely N-dealkylation sites (N-methyl/N-ethyl adjacent to an activating group) is 1. The molecule has 5 heteroatoms. The summed E-state index contributed by atoms with van der Waals surface area (Å²) in [5.74, 6) is -2.45. The van der Waals surface area contributed by atoms with Gasteiger partial charge in [-0.1, -0.05) is 26.5 Å². The molecule has 0 heterocycles. The number of carbonyl (C=O) groups excluding carboxylic acids is 2. The Labute approximate surface area is 127 Å². The summed E-state index contributed by atoms with van der Waals surface area (Å²) >= 11 is 0. The molecule has 0 aromatic carbocycles. The van der Waals surface area contributed by atoms with Gasteiger partial charge in [0.1, 0.15) is 0 Å². The molecule has 0 spiro atoms. The van der Waals surface area contributed by atoms with Crippen molar-refractivity contribution >= 4 is 11.9 Å². The molecular formula is C16H27NO4. The molecule has 21 heavy (non-hydrogen) atoms. The third-order valence-corrected chi connectivity index (χ3v) is 2.72. The van der Waals surface area contributed by atoms with Crippen LogP contribution in [-0.2, 0) is 19.1 Å². The van der Waals surface area contributed by atoms with Crippen LogP contribution in [0.2, 0.25) is 0 Å². The highest BCUT2D eigenvalue weighted by Crippen LogP contribution is 2.25. The molecule has 0 radical (unpaired) electrons. The molecule has 0 aromatic heterocycles. The lowest BCUT2D eigenvalue weighted by molar-refractivity contribution is -0.230. The van der Waals surface area contributed by atoms with Gasteiger partial charge in [0, 0.05) is 17.6 Å². The number of unbranched alkanes of at least 4 members (excludes halogenated alkanes) is 1. The number of rotatable bonds is 9. The fourth-order valence-corrected chi connectivity index (χ4v) is 1.71. The third-order valence-electron chi connectivity index (χ3n) is 2.72. The van der Waals surface area contributed by atoms with Crippen molar-refractivity contribution in [2.24, 2.45) is 0 Å². The van der Waals surface area contributed by atoms with Crippen LogP contribution in [0, 0.1) is 0 Å². The number of nitrogens with zero attached hydrogens (tertiary/aromatic N) is 1. The number of esters is 2. The van der Waals surface area contributed by atoms with Crippen LogP contribution in [-0.4, -0.2) is 43.3 Å². The van der Waals surface area contributed by atoms with Gasteiger partial charge in [-0.25, -0.2) is 9.59 Å². The Balaban J connectivity index is 5.38. The Hall–Kier alpha value is -1.62. The van der Waals surface area contributed by atoms with Gasteiger partial charge in [0.25, 0.3) is 5.79 Å². The second-order valence-electron chi connectivity index (χ2n) is 5.59. The predicted octanol–water partition coefficient (Wildman–Crippen LogP) is 2.67. The molecule has 0 unspecified atom stereocenters. The maximum Gasteiger partial charge on any atom is 0.336 e. The Morgan fingerprint density at radius 2 is 1.48 bits per heavy atom. The van der Waals surface area contributed by atoms with Gasteiger partial charge in [0.15, 0.2) is 0 Å². The van der Waals surface area contributed by atoms with Gasteiger partial charge in [-0.3, -0.25) is 0 Å². The highest BCUT2D eigenvalue weighted by Gasteiger charge is 2.39. The van der Waals surface area contributed by atoms with Crippen molar-refractivity contribution in [3.8, 4) is 0 Å². The van der Waals surface area contributed by atoms with E-state index in [1.54, 1.807) is 13.8 Å². The molecule has 0 aromatic rings. The first-order valence-electron chi connectivity index (χ1n) is 7.06. The Morgan fingerprint density at radius 1 is 1.05 bits per heavy atom. The van der Waals surface area contributed by atoms with Crippen molar-refractivity contribution in [3.63, 3.8) is 0 Å². The second-order valence-corrected chi connectivity index (χ2v) is 5.59. The Kier molecular flexibility index (Phi) is 7.95. The molecule has 0 aliphatic heterocycles. The molecule has 0 aliphatic rings. The van der Waals surface area contributed by atoms with Gasteiger partial charge in [0.2, 0.25) is 0 Å². The maximum atomic E-state index is 11.9. The van der Waals surface area contributed by atoms with Gasteiger partial charge in [-0.05, 0) is 34.4 Å². The number of hydrogen-bond donors (Lipinski definition) is 0. The summed E-state index contributed by atoms with van der Waals surface area (Å²) in [5.41, 5.74) is 0.530. The normalized spacial score (nSPS) is 11.1. The maximum absolute atomic E-state index is 11.9. The van der Waals surface area contributed by atoms with Crippen molar-refractivity contribution in [2.75, 3.05) is 20.6 Å². The minimum Gasteiger partial charge on any atom is -0.418 e. The van der Waals surface area contributed by atoms with E-state index in [4.69, 9.17) is 9.47 Å². The minimum atomic E-state index is -1.31. The van der Waals surface area contributed by atoms with Crippen molar-refractivity contribution in [2.45, 2.75) is 45.8 Å². The monoisotopic (exact) mass is 297 g/mol. The molecule has 0 atom stereocenters. The zero-order valence-electron chi connectivity index (χ0n) is 13.8. The highest BCUT2D eigenvalue weighted by molar-refractivity contribution is 5.89. The number of hydrogen-bond acceptors (Lipinski definition) is 5. The molecule has 0 saturated carbocycles. The van der Waals surface area contributed by atoms with Crippen LogP contribution in [0.15, 0.2) is 24.3 Å². The zero-order chi connectivity index (χ0) is 16.6. The molecule has 0 bridgehead atoms. The zero-order valence-corrected chi connectivity index (χ0v) is 13.8. The van der Waals surface area contributed by atoms with Crippen molar-refractivity contribution < 1.29 is 19.1 Å². The lowest BCUT2D eigenvalue weighted by Crippen LogP contribution is -2.48. The molecule has 0 rings (SSSR count). The van der Waals surface area contributed by atoms with E-state index in [0.717, 1.165) is 12.8 Å². The van der Waals surface area contributed by atoms with Crippen molar-refractivity contribution in [3.05, 3.63) is 24.3 Å². The van der Waals surface area contributed by atoms with E-state index >= 15 is 0 Å². The third kappa shape index (κ3) is 7.09. The van der Waals surface area contributed by atoms with E-state index in [9.17, 15) is 9.59 Å². The fourth-order valence-electron chi connectivity index (χ4n) is 1.71. The summed E-state index contributed by atoms with van der Waals surface area (Å²) in [7, 11) is 3.65. The van der Waals surface area contributed by atoms with Crippen LogP contribution in [0.1, 0.15) is 40.0 Å². The molecule has 5 nitrogen and oxygen atoms in total. The molecular weight excluding hydrogens is 270 g/mol. The molecule has 0 aliphatic carbocycles. The van der Waals surface area contributed by atoms with Crippen LogP contribution < -0.4 is 0 Å². The average molecular weight is 297 g/mol. The molecule has 0 saturated heterocycles. The second kappa shape index (κ2) is 8.62. The first-order valence-corrected chi connectivity index (χ1v) is 7.06. The van der Waals surface area contributed by atoms with Crippen LogP contribution in [0.5, 0.6) is 0 Å². The van der Waals surface area contributed by atoms with Crippen molar-refractivity contribution in [1.29, 1.82) is 0 Å². The van der Waals surface area contributed by atoms with Crippen LogP contribution in [0.4, 0.5) is 0 Å². The summed E-state index contributed by atoms with van der Waals surface area (Å²) < 4.78 is 10.9. The predicted molar refractivity (Wildman–Crippen MR) is 82.6 cm³/mol. The van der Waals surface area contributed by atoms with Crippen LogP contribution in [0.3, 0.4) is 0 Å². The lowest BCUT2D eigenvalue weighted by atomic mass is 10.1. The van der Waals surface area contributed by atoms with E-state index < -0.39 is 17.7 Å².